The van der Waals surface area contributed by atoms with E-state index in [1.165, 1.54) is 0 Å². The van der Waals surface area contributed by atoms with Gasteiger partial charge in [-0.05, 0) is 36.3 Å². The standard InChI is InChI=1S/C25H26N2O8/c1-8-10-6-7-11(9-4-2-3-5-9)18(28)13(10)19(29)14-12(8)20(30)16-17(26)21(31)15(24(27)34)23(33)25(16,35)22(14)32/h4,6-8,12,16-17,20,28-30,33,35H,2-3,5,26H2,1H3,(H2,27,34)/t8-,12?,16?,17-,20-,25-/m0/s1. The van der Waals surface area contributed by atoms with Gasteiger partial charge in [0.05, 0.1) is 23.6 Å². The largest absolute Gasteiger partial charge is 0.508 e. The third-order valence-corrected chi connectivity index (χ3v) is 8.04. The number of nitrogens with two attached hydrogens (primary N) is 2. The minimum atomic E-state index is -2.98. The summed E-state index contributed by atoms with van der Waals surface area (Å²) in [6.07, 6.45) is 2.82. The normalized spacial score (nSPS) is 34.4. The number of amides is 1. The molecule has 4 aliphatic rings. The monoisotopic (exact) mass is 482 g/mol. The van der Waals surface area contributed by atoms with Crippen molar-refractivity contribution in [1.82, 2.24) is 0 Å². The van der Waals surface area contributed by atoms with Gasteiger partial charge in [0.25, 0.3) is 5.91 Å². The summed E-state index contributed by atoms with van der Waals surface area (Å²) in [6.45, 7) is 1.67. The summed E-state index contributed by atoms with van der Waals surface area (Å²) < 4.78 is 0. The summed E-state index contributed by atoms with van der Waals surface area (Å²) in [6, 6.07) is 1.70. The number of benzene rings is 1. The summed E-state index contributed by atoms with van der Waals surface area (Å²) in [4.78, 5) is 38.2. The molecule has 9 N–H and O–H groups in total. The number of carbonyl (C=O) groups is 3. The van der Waals surface area contributed by atoms with Crippen molar-refractivity contribution >= 4 is 28.8 Å². The van der Waals surface area contributed by atoms with Crippen molar-refractivity contribution in [2.45, 2.75) is 49.9 Å². The SMILES string of the molecule is C[C@H]1c2ccc(C3=CCCC3)c(O)c2C(O)=C2C(=O)[C@]3(O)C(O)=C(C(N)=O)C(=O)[C@@H](N)C3[C@@H](O)C21. The lowest BCUT2D eigenvalue weighted by atomic mass is 9.54. The molecule has 1 aromatic rings. The van der Waals surface area contributed by atoms with Crippen LogP contribution in [0, 0.1) is 11.8 Å². The predicted molar refractivity (Wildman–Crippen MR) is 123 cm³/mol. The predicted octanol–water partition coefficient (Wildman–Crippen LogP) is 0.460. The number of allylic oxidation sites excluding steroid dienone is 2. The fourth-order valence-electron chi connectivity index (χ4n) is 6.31. The summed E-state index contributed by atoms with van der Waals surface area (Å²) in [5.41, 5.74) is 8.58. The van der Waals surface area contributed by atoms with Crippen LogP contribution in [0.15, 0.2) is 35.1 Å². The number of aliphatic hydroxyl groups excluding tert-OH is 3. The van der Waals surface area contributed by atoms with Crippen LogP contribution >= 0.6 is 0 Å². The molecule has 0 aliphatic heterocycles. The van der Waals surface area contributed by atoms with Gasteiger partial charge in [-0.25, -0.2) is 0 Å². The Morgan fingerprint density at radius 3 is 2.46 bits per heavy atom. The van der Waals surface area contributed by atoms with Gasteiger partial charge in [-0.2, -0.15) is 0 Å². The molecule has 0 spiro atoms. The molecule has 10 nitrogen and oxygen atoms in total. The van der Waals surface area contributed by atoms with Gasteiger partial charge < -0.3 is 37.0 Å². The highest BCUT2D eigenvalue weighted by molar-refractivity contribution is 6.24. The van der Waals surface area contributed by atoms with Crippen LogP contribution in [-0.4, -0.2) is 60.8 Å². The first-order valence-electron chi connectivity index (χ1n) is 11.4. The van der Waals surface area contributed by atoms with Crippen LogP contribution in [0.25, 0.3) is 11.3 Å². The summed E-state index contributed by atoms with van der Waals surface area (Å²) in [7, 11) is 0. The van der Waals surface area contributed by atoms with Crippen LogP contribution in [0.5, 0.6) is 5.75 Å². The maximum atomic E-state index is 13.7. The number of fused-ring (bicyclic) bond motifs is 3. The molecule has 184 valence electrons. The fraction of sp³-hybridized carbons (Fsp3) is 0.400. The third kappa shape index (κ3) is 2.78. The zero-order chi connectivity index (χ0) is 25.6. The van der Waals surface area contributed by atoms with E-state index in [2.05, 4.69) is 0 Å². The Kier molecular flexibility index (Phi) is 5.00. The Morgan fingerprint density at radius 2 is 1.86 bits per heavy atom. The Bertz CT molecular complexity index is 1310. The molecular weight excluding hydrogens is 456 g/mol. The molecule has 0 radical (unpaired) electrons. The number of hydrogen-bond donors (Lipinski definition) is 7. The first-order chi connectivity index (χ1) is 16.4. The highest BCUT2D eigenvalue weighted by Gasteiger charge is 2.67. The topological polar surface area (TPSA) is 204 Å². The molecule has 1 aromatic carbocycles. The van der Waals surface area contributed by atoms with Crippen LogP contribution in [0.2, 0.25) is 0 Å². The number of aromatic hydroxyl groups is 1. The molecule has 0 saturated heterocycles. The van der Waals surface area contributed by atoms with Crippen LogP contribution in [0.3, 0.4) is 0 Å². The van der Waals surface area contributed by atoms with E-state index in [-0.39, 0.29) is 11.3 Å². The van der Waals surface area contributed by atoms with E-state index in [4.69, 9.17) is 11.5 Å². The minimum absolute atomic E-state index is 0.00794. The van der Waals surface area contributed by atoms with E-state index in [1.807, 2.05) is 6.08 Å². The van der Waals surface area contributed by atoms with Crippen LogP contribution in [0.4, 0.5) is 0 Å². The minimum Gasteiger partial charge on any atom is -0.508 e. The van der Waals surface area contributed by atoms with Crippen molar-refractivity contribution in [3.8, 4) is 5.75 Å². The highest BCUT2D eigenvalue weighted by Crippen LogP contribution is 2.56. The van der Waals surface area contributed by atoms with E-state index in [0.717, 1.165) is 24.8 Å². The fourth-order valence-corrected chi connectivity index (χ4v) is 6.31. The number of rotatable bonds is 2. The number of ketones is 2. The average molecular weight is 482 g/mol. The lowest BCUT2D eigenvalue weighted by molar-refractivity contribution is -0.163. The quantitative estimate of drug-likeness (QED) is 0.292. The van der Waals surface area contributed by atoms with Crippen molar-refractivity contribution in [3.05, 3.63) is 51.8 Å². The summed E-state index contributed by atoms with van der Waals surface area (Å²) >= 11 is 0. The molecule has 4 aliphatic carbocycles. The van der Waals surface area contributed by atoms with Gasteiger partial charge in [-0.3, -0.25) is 14.4 Å². The molecule has 2 unspecified atom stereocenters. The molecular formula is C25H26N2O8. The summed E-state index contributed by atoms with van der Waals surface area (Å²) in [5.74, 6) is -9.40. The Balaban J connectivity index is 1.77. The molecule has 1 fully saturated rings. The van der Waals surface area contributed by atoms with Crippen molar-refractivity contribution < 1.29 is 39.9 Å². The zero-order valence-corrected chi connectivity index (χ0v) is 18.9. The molecule has 5 rings (SSSR count). The maximum Gasteiger partial charge on any atom is 0.255 e. The van der Waals surface area contributed by atoms with Crippen molar-refractivity contribution in [3.63, 3.8) is 0 Å². The van der Waals surface area contributed by atoms with E-state index in [0.29, 0.717) is 11.1 Å². The van der Waals surface area contributed by atoms with E-state index in [9.17, 15) is 39.9 Å². The van der Waals surface area contributed by atoms with Crippen molar-refractivity contribution in [2.24, 2.45) is 23.3 Å². The van der Waals surface area contributed by atoms with E-state index < -0.39 is 75.6 Å². The number of Topliss-reactive ketones (excluding diaryl/α,β-unsaturated/α-hetero) is 2. The highest BCUT2D eigenvalue weighted by atomic mass is 16.4. The van der Waals surface area contributed by atoms with Crippen molar-refractivity contribution in [1.29, 1.82) is 0 Å². The van der Waals surface area contributed by atoms with Crippen LogP contribution in [-0.2, 0) is 14.4 Å². The van der Waals surface area contributed by atoms with E-state index >= 15 is 0 Å². The number of hydrogen-bond acceptors (Lipinski definition) is 9. The maximum absolute atomic E-state index is 13.7. The van der Waals surface area contributed by atoms with Gasteiger partial charge in [0.2, 0.25) is 5.78 Å². The van der Waals surface area contributed by atoms with Gasteiger partial charge in [-0.15, -0.1) is 0 Å². The smallest absolute Gasteiger partial charge is 0.255 e. The first kappa shape index (κ1) is 23.3. The second kappa shape index (κ2) is 7.51. The van der Waals surface area contributed by atoms with Crippen LogP contribution < -0.4 is 11.5 Å². The van der Waals surface area contributed by atoms with Gasteiger partial charge >= 0.3 is 0 Å². The van der Waals surface area contributed by atoms with Gasteiger partial charge in [0.15, 0.2) is 11.4 Å². The Labute approximate surface area is 199 Å². The molecule has 0 heterocycles. The second-order valence-electron chi connectivity index (χ2n) is 9.71. The lowest BCUT2D eigenvalue weighted by Gasteiger charge is -2.52. The Morgan fingerprint density at radius 1 is 1.17 bits per heavy atom. The second-order valence-corrected chi connectivity index (χ2v) is 9.71. The number of phenolic OH excluding ortho intramolecular Hbond substituents is 1. The zero-order valence-electron chi connectivity index (χ0n) is 18.9. The number of phenols is 1. The lowest BCUT2D eigenvalue weighted by Crippen LogP contribution is -2.70. The first-order valence-corrected chi connectivity index (χ1v) is 11.4. The van der Waals surface area contributed by atoms with Crippen LogP contribution in [0.1, 0.15) is 48.8 Å². The molecule has 6 atom stereocenters. The number of primary amides is 1. The average Bonchev–Trinajstić information content (AvgIpc) is 3.33. The van der Waals surface area contributed by atoms with Gasteiger partial charge in [0.1, 0.15) is 22.8 Å². The molecule has 0 aromatic heterocycles. The molecule has 1 saturated carbocycles. The third-order valence-electron chi connectivity index (χ3n) is 8.04. The number of carbonyl (C=O) groups excluding carboxylic acids is 3. The van der Waals surface area contributed by atoms with Gasteiger partial charge in [0, 0.05) is 17.1 Å². The molecule has 10 heteroatoms. The molecule has 1 amide bonds. The molecule has 0 bridgehead atoms. The number of aliphatic hydroxyl groups is 4. The van der Waals surface area contributed by atoms with Gasteiger partial charge in [-0.1, -0.05) is 25.1 Å². The Hall–Kier alpha value is -3.47. The summed E-state index contributed by atoms with van der Waals surface area (Å²) in [5, 5.41) is 55.8. The van der Waals surface area contributed by atoms with E-state index in [1.54, 1.807) is 19.1 Å². The van der Waals surface area contributed by atoms with Crippen molar-refractivity contribution in [2.75, 3.05) is 0 Å². The molecule has 35 heavy (non-hydrogen) atoms.